The number of esters is 1. The first-order chi connectivity index (χ1) is 6.15. The van der Waals surface area contributed by atoms with Crippen LogP contribution >= 0.6 is 0 Å². The zero-order valence-corrected chi connectivity index (χ0v) is 7.87. The van der Waals surface area contributed by atoms with E-state index in [9.17, 15) is 9.59 Å². The van der Waals surface area contributed by atoms with E-state index < -0.39 is 0 Å². The van der Waals surface area contributed by atoms with Crippen LogP contribution < -0.4 is 5.32 Å². The Bertz CT molecular complexity index is 217. The zero-order valence-electron chi connectivity index (χ0n) is 7.87. The van der Waals surface area contributed by atoms with Crippen LogP contribution in [0.25, 0.3) is 0 Å². The lowest BCUT2D eigenvalue weighted by atomic mass is 10.1. The van der Waals surface area contributed by atoms with Gasteiger partial charge in [-0.25, -0.2) is 0 Å². The van der Waals surface area contributed by atoms with E-state index in [0.29, 0.717) is 6.54 Å². The summed E-state index contributed by atoms with van der Waals surface area (Å²) in [4.78, 5) is 24.1. The summed E-state index contributed by atoms with van der Waals surface area (Å²) in [5.74, 6) is -0.451. The van der Waals surface area contributed by atoms with Crippen molar-refractivity contribution >= 4 is 11.9 Å². The number of nitrogens with zero attached hydrogens (tertiary/aromatic N) is 1. The van der Waals surface area contributed by atoms with Gasteiger partial charge in [0.25, 0.3) is 0 Å². The Labute approximate surface area is 77.0 Å². The van der Waals surface area contributed by atoms with Crippen molar-refractivity contribution in [1.29, 1.82) is 0 Å². The maximum Gasteiger partial charge on any atom is 0.307 e. The number of likely N-dealkylation sites (N-methyl/N-ethyl adjacent to an activating group) is 1. The minimum atomic E-state index is -0.374. The second kappa shape index (κ2) is 4.23. The quantitative estimate of drug-likeness (QED) is 0.561. The van der Waals surface area contributed by atoms with Crippen molar-refractivity contribution in [2.75, 3.05) is 27.2 Å². The third kappa shape index (κ3) is 2.42. The van der Waals surface area contributed by atoms with Gasteiger partial charge in [0.15, 0.2) is 0 Å². The van der Waals surface area contributed by atoms with Crippen LogP contribution in [0.15, 0.2) is 0 Å². The van der Waals surface area contributed by atoms with Crippen LogP contribution in [0.4, 0.5) is 0 Å². The number of hydrogen-bond donors (Lipinski definition) is 1. The van der Waals surface area contributed by atoms with Gasteiger partial charge < -0.3 is 10.1 Å². The summed E-state index contributed by atoms with van der Waals surface area (Å²) in [6, 6.07) is -0.374. The summed E-state index contributed by atoms with van der Waals surface area (Å²) in [6.07, 6.45) is 0.124. The van der Waals surface area contributed by atoms with Crippen LogP contribution in [0.2, 0.25) is 0 Å². The van der Waals surface area contributed by atoms with Crippen LogP contribution in [0.5, 0.6) is 0 Å². The highest BCUT2D eigenvalue weighted by molar-refractivity contribution is 5.87. The second-order valence-corrected chi connectivity index (χ2v) is 3.07. The Morgan fingerprint density at radius 3 is 3.00 bits per heavy atom. The number of hydrogen-bond acceptors (Lipinski definition) is 4. The second-order valence-electron chi connectivity index (χ2n) is 3.07. The summed E-state index contributed by atoms with van der Waals surface area (Å²) in [6.45, 7) is 1.42. The van der Waals surface area contributed by atoms with Crippen molar-refractivity contribution in [3.8, 4) is 0 Å². The number of nitrogens with one attached hydrogen (secondary N) is 1. The lowest BCUT2D eigenvalue weighted by Crippen LogP contribution is -2.54. The fourth-order valence-corrected chi connectivity index (χ4v) is 1.32. The summed E-state index contributed by atoms with van der Waals surface area (Å²) < 4.78 is 4.50. The maximum absolute atomic E-state index is 11.3. The minimum absolute atomic E-state index is 0.0980. The average Bonchev–Trinajstić information content (AvgIpc) is 2.11. The largest absolute Gasteiger partial charge is 0.469 e. The van der Waals surface area contributed by atoms with E-state index in [-0.39, 0.29) is 24.3 Å². The fourth-order valence-electron chi connectivity index (χ4n) is 1.32. The predicted molar refractivity (Wildman–Crippen MR) is 46.1 cm³/mol. The fraction of sp³-hybridized carbons (Fsp3) is 0.750. The van der Waals surface area contributed by atoms with Crippen LogP contribution in [-0.2, 0) is 14.3 Å². The molecule has 0 aromatic carbocycles. The van der Waals surface area contributed by atoms with Crippen LogP contribution in [0, 0.1) is 0 Å². The molecular formula is C8H14N2O3. The van der Waals surface area contributed by atoms with E-state index in [1.54, 1.807) is 0 Å². The predicted octanol–water partition coefficient (Wildman–Crippen LogP) is -1.02. The standard InChI is InChI=1S/C8H14N2O3/c1-10-4-3-9-8(12)6(10)5-7(11)13-2/h6H,3-5H2,1-2H3,(H,9,12)/t6-/m0/s1. The van der Waals surface area contributed by atoms with Gasteiger partial charge in [0.05, 0.1) is 19.6 Å². The van der Waals surface area contributed by atoms with Crippen molar-refractivity contribution in [3.05, 3.63) is 0 Å². The summed E-state index contributed by atoms with van der Waals surface area (Å²) in [7, 11) is 3.15. The highest BCUT2D eigenvalue weighted by Crippen LogP contribution is 2.06. The number of carbonyl (C=O) groups is 2. The number of carbonyl (C=O) groups excluding carboxylic acids is 2. The molecule has 1 amide bonds. The van der Waals surface area contributed by atoms with Crippen LogP contribution in [0.1, 0.15) is 6.42 Å². The van der Waals surface area contributed by atoms with Crippen molar-refractivity contribution in [1.82, 2.24) is 10.2 Å². The number of piperazine rings is 1. The molecule has 1 N–H and O–H groups in total. The van der Waals surface area contributed by atoms with Gasteiger partial charge in [0, 0.05) is 13.1 Å². The van der Waals surface area contributed by atoms with E-state index in [2.05, 4.69) is 10.1 Å². The molecule has 1 fully saturated rings. The Morgan fingerprint density at radius 2 is 2.46 bits per heavy atom. The van der Waals surface area contributed by atoms with Gasteiger partial charge in [-0.05, 0) is 7.05 Å². The summed E-state index contributed by atoms with van der Waals surface area (Å²) in [5.41, 5.74) is 0. The third-order valence-electron chi connectivity index (χ3n) is 2.19. The van der Waals surface area contributed by atoms with Gasteiger partial charge in [0.2, 0.25) is 5.91 Å². The van der Waals surface area contributed by atoms with E-state index in [4.69, 9.17) is 0 Å². The molecule has 1 atom stereocenters. The molecule has 0 unspecified atom stereocenters. The number of amides is 1. The first-order valence-electron chi connectivity index (χ1n) is 4.20. The molecule has 0 bridgehead atoms. The molecule has 0 aromatic heterocycles. The van der Waals surface area contributed by atoms with Gasteiger partial charge >= 0.3 is 5.97 Å². The topological polar surface area (TPSA) is 58.6 Å². The van der Waals surface area contributed by atoms with Crippen molar-refractivity contribution in [2.45, 2.75) is 12.5 Å². The monoisotopic (exact) mass is 186 g/mol. The molecule has 1 rings (SSSR count). The molecule has 74 valence electrons. The molecule has 5 nitrogen and oxygen atoms in total. The Morgan fingerprint density at radius 1 is 1.77 bits per heavy atom. The molecule has 1 aliphatic rings. The number of ether oxygens (including phenoxy) is 1. The lowest BCUT2D eigenvalue weighted by molar-refractivity contribution is -0.145. The normalized spacial score (nSPS) is 23.8. The average molecular weight is 186 g/mol. The highest BCUT2D eigenvalue weighted by atomic mass is 16.5. The van der Waals surface area contributed by atoms with Gasteiger partial charge in [-0.1, -0.05) is 0 Å². The van der Waals surface area contributed by atoms with Gasteiger partial charge in [0.1, 0.15) is 0 Å². The zero-order chi connectivity index (χ0) is 9.84. The minimum Gasteiger partial charge on any atom is -0.469 e. The van der Waals surface area contributed by atoms with Gasteiger partial charge in [-0.2, -0.15) is 0 Å². The van der Waals surface area contributed by atoms with Crippen LogP contribution in [0.3, 0.4) is 0 Å². The highest BCUT2D eigenvalue weighted by Gasteiger charge is 2.29. The van der Waals surface area contributed by atoms with E-state index in [1.165, 1.54) is 7.11 Å². The SMILES string of the molecule is COC(=O)C[C@H]1C(=O)NCCN1C. The van der Waals surface area contributed by atoms with Gasteiger partial charge in [-0.3, -0.25) is 14.5 Å². The molecule has 0 spiro atoms. The Kier molecular flexibility index (Phi) is 3.25. The van der Waals surface area contributed by atoms with Crippen molar-refractivity contribution < 1.29 is 14.3 Å². The number of rotatable bonds is 2. The first kappa shape index (κ1) is 9.98. The molecule has 1 aliphatic heterocycles. The van der Waals surface area contributed by atoms with E-state index >= 15 is 0 Å². The first-order valence-corrected chi connectivity index (χ1v) is 4.20. The third-order valence-corrected chi connectivity index (χ3v) is 2.19. The smallest absolute Gasteiger partial charge is 0.307 e. The molecule has 0 aromatic rings. The van der Waals surface area contributed by atoms with Crippen molar-refractivity contribution in [2.24, 2.45) is 0 Å². The molecule has 13 heavy (non-hydrogen) atoms. The van der Waals surface area contributed by atoms with E-state index in [1.807, 2.05) is 11.9 Å². The molecule has 1 heterocycles. The molecule has 5 heteroatoms. The van der Waals surface area contributed by atoms with E-state index in [0.717, 1.165) is 6.54 Å². The Balaban J connectivity index is 2.53. The molecule has 0 aliphatic carbocycles. The summed E-state index contributed by atoms with van der Waals surface area (Å²) in [5, 5.41) is 2.70. The summed E-state index contributed by atoms with van der Waals surface area (Å²) >= 11 is 0. The van der Waals surface area contributed by atoms with Gasteiger partial charge in [-0.15, -0.1) is 0 Å². The molecular weight excluding hydrogens is 172 g/mol. The Hall–Kier alpha value is -1.10. The van der Waals surface area contributed by atoms with Crippen LogP contribution in [-0.4, -0.2) is 50.1 Å². The lowest BCUT2D eigenvalue weighted by Gasteiger charge is -2.30. The molecule has 0 saturated carbocycles. The molecule has 1 saturated heterocycles. The number of methoxy groups -OCH3 is 1. The van der Waals surface area contributed by atoms with Crippen molar-refractivity contribution in [3.63, 3.8) is 0 Å². The molecule has 0 radical (unpaired) electrons. The maximum atomic E-state index is 11.3.